The van der Waals surface area contributed by atoms with E-state index in [1.165, 1.54) is 7.11 Å². The monoisotopic (exact) mass is 721 g/mol. The fraction of sp³-hybridized carbons (Fsp3) is 0.429. The molecule has 7 atom stereocenters. The van der Waals surface area contributed by atoms with E-state index in [1.54, 1.807) is 22.0 Å². The van der Waals surface area contributed by atoms with E-state index >= 15 is 0 Å². The SMILES string of the molecule is COC[C@H]1NC(=O)CC/C=C\[C@H]2O[C@]34C=CCN(c5ccc6ccccc6c5)C(=O)[C@H]3N(CCCCCCO)C(=O)[C@@H]4[C@H]2C(=O)O[C@@H]1c1ccccc1. The van der Waals surface area contributed by atoms with E-state index in [1.807, 2.05) is 84.9 Å². The van der Waals surface area contributed by atoms with Gasteiger partial charge in [0.1, 0.15) is 23.7 Å². The molecule has 2 fully saturated rings. The second-order valence-corrected chi connectivity index (χ2v) is 14.3. The molecule has 4 aliphatic rings. The number of benzene rings is 3. The normalized spacial score (nSPS) is 29.4. The van der Waals surface area contributed by atoms with Crippen LogP contribution in [0.15, 0.2) is 97.1 Å². The third-order valence-corrected chi connectivity index (χ3v) is 10.9. The van der Waals surface area contributed by atoms with Crippen LogP contribution < -0.4 is 10.2 Å². The van der Waals surface area contributed by atoms with Gasteiger partial charge in [0, 0.05) is 38.9 Å². The van der Waals surface area contributed by atoms with Gasteiger partial charge in [-0.3, -0.25) is 19.2 Å². The van der Waals surface area contributed by atoms with E-state index in [0.29, 0.717) is 37.1 Å². The summed E-state index contributed by atoms with van der Waals surface area (Å²) >= 11 is 0. The van der Waals surface area contributed by atoms with Crippen LogP contribution in [0.4, 0.5) is 5.69 Å². The van der Waals surface area contributed by atoms with Crippen molar-refractivity contribution < 1.29 is 38.5 Å². The minimum Gasteiger partial charge on any atom is -0.455 e. The van der Waals surface area contributed by atoms with Gasteiger partial charge < -0.3 is 34.4 Å². The maximum Gasteiger partial charge on any atom is 0.313 e. The Morgan fingerprint density at radius 1 is 0.906 bits per heavy atom. The third kappa shape index (κ3) is 7.13. The van der Waals surface area contributed by atoms with Gasteiger partial charge in [-0.1, -0.05) is 97.8 Å². The number of carbonyl (C=O) groups excluding carboxylic acids is 4. The summed E-state index contributed by atoms with van der Waals surface area (Å²) in [5.41, 5.74) is -0.0897. The van der Waals surface area contributed by atoms with Gasteiger partial charge in [0.25, 0.3) is 5.91 Å². The minimum absolute atomic E-state index is 0.0826. The van der Waals surface area contributed by atoms with Crippen molar-refractivity contribution in [3.8, 4) is 0 Å². The first-order valence-electron chi connectivity index (χ1n) is 18.6. The molecule has 1 spiro atoms. The molecule has 3 aromatic rings. The van der Waals surface area contributed by atoms with Crippen molar-refractivity contribution in [1.82, 2.24) is 10.2 Å². The maximum atomic E-state index is 15.0. The summed E-state index contributed by atoms with van der Waals surface area (Å²) < 4.78 is 18.7. The molecule has 4 heterocycles. The molecule has 11 heteroatoms. The zero-order valence-corrected chi connectivity index (χ0v) is 30.0. The number of hydrogen-bond donors (Lipinski definition) is 2. The Kier molecular flexibility index (Phi) is 11.0. The molecule has 3 amide bonds. The molecule has 2 saturated heterocycles. The average Bonchev–Trinajstić information content (AvgIpc) is 3.55. The van der Waals surface area contributed by atoms with Gasteiger partial charge in [-0.05, 0) is 47.7 Å². The molecule has 0 bridgehead atoms. The van der Waals surface area contributed by atoms with Crippen LogP contribution in [-0.2, 0) is 33.4 Å². The predicted molar refractivity (Wildman–Crippen MR) is 199 cm³/mol. The fourth-order valence-electron chi connectivity index (χ4n) is 8.45. The first kappa shape index (κ1) is 36.5. The van der Waals surface area contributed by atoms with Gasteiger partial charge in [-0.15, -0.1) is 0 Å². The predicted octanol–water partition coefficient (Wildman–Crippen LogP) is 4.64. The lowest BCUT2D eigenvalue weighted by molar-refractivity contribution is -0.162. The number of cyclic esters (lactones) is 1. The second-order valence-electron chi connectivity index (χ2n) is 14.3. The minimum atomic E-state index is -1.45. The Morgan fingerprint density at radius 2 is 1.68 bits per heavy atom. The molecule has 2 N–H and O–H groups in total. The first-order valence-corrected chi connectivity index (χ1v) is 18.6. The average molecular weight is 722 g/mol. The van der Waals surface area contributed by atoms with Crippen molar-refractivity contribution in [3.63, 3.8) is 0 Å². The zero-order valence-electron chi connectivity index (χ0n) is 30.0. The summed E-state index contributed by atoms with van der Waals surface area (Å²) in [5.74, 6) is -3.61. The molecule has 0 saturated carbocycles. The number of aliphatic hydroxyl groups excluding tert-OH is 1. The largest absolute Gasteiger partial charge is 0.455 e. The van der Waals surface area contributed by atoms with Crippen LogP contribution in [0.2, 0.25) is 0 Å². The highest BCUT2D eigenvalue weighted by molar-refractivity contribution is 6.06. The van der Waals surface area contributed by atoms with Gasteiger partial charge in [-0.2, -0.15) is 0 Å². The molecule has 0 aromatic heterocycles. The lowest BCUT2D eigenvalue weighted by atomic mass is 9.77. The fourth-order valence-corrected chi connectivity index (χ4v) is 8.45. The van der Waals surface area contributed by atoms with Crippen LogP contribution in [0.25, 0.3) is 10.8 Å². The lowest BCUT2D eigenvalue weighted by Gasteiger charge is -2.35. The number of nitrogens with zero attached hydrogens (tertiary/aromatic N) is 2. The van der Waals surface area contributed by atoms with E-state index in [4.69, 9.17) is 14.2 Å². The quantitative estimate of drug-likeness (QED) is 0.176. The third-order valence-electron chi connectivity index (χ3n) is 10.9. The van der Waals surface area contributed by atoms with Crippen molar-refractivity contribution in [3.05, 3.63) is 103 Å². The molecule has 7 rings (SSSR count). The van der Waals surface area contributed by atoms with Crippen LogP contribution in [0, 0.1) is 11.8 Å². The Labute approximate surface area is 309 Å². The van der Waals surface area contributed by atoms with Crippen LogP contribution in [0.1, 0.15) is 50.2 Å². The van der Waals surface area contributed by atoms with Crippen molar-refractivity contribution in [2.75, 3.05) is 38.3 Å². The second kappa shape index (κ2) is 16.0. The van der Waals surface area contributed by atoms with E-state index < -0.39 is 47.7 Å². The number of nitrogens with one attached hydrogen (secondary N) is 1. The smallest absolute Gasteiger partial charge is 0.313 e. The number of anilines is 1. The summed E-state index contributed by atoms with van der Waals surface area (Å²) in [4.78, 5) is 60.9. The molecular weight excluding hydrogens is 674 g/mol. The highest BCUT2D eigenvalue weighted by Crippen LogP contribution is 2.53. The number of hydrogen-bond acceptors (Lipinski definition) is 8. The molecule has 53 heavy (non-hydrogen) atoms. The van der Waals surface area contributed by atoms with Crippen molar-refractivity contribution in [1.29, 1.82) is 0 Å². The molecule has 278 valence electrons. The topological polar surface area (TPSA) is 135 Å². The summed E-state index contributed by atoms with van der Waals surface area (Å²) in [7, 11) is 1.52. The highest BCUT2D eigenvalue weighted by Gasteiger charge is 2.71. The first-order chi connectivity index (χ1) is 25.9. The Bertz CT molecular complexity index is 1880. The lowest BCUT2D eigenvalue weighted by Crippen LogP contribution is -2.55. The standard InChI is InChI=1S/C42H47N3O8/c1-51-27-32-37(29-15-5-4-6-16-29)52-41(50)35-33(18-9-10-19-34(47)43-32)53-42-22-13-24-44(31-21-20-28-14-7-8-17-30(28)26-31)40(49)38(42)45(39(48)36(35)42)23-11-2-3-12-25-46/h4-9,13-18,20-22,26,32-33,35-38,46H,2-3,10-12,19,23-25,27H2,1H3,(H,43,47)/b18-9-/t32-,33-,35+,36+,37-,38-,42+/m1/s1. The highest BCUT2D eigenvalue weighted by atomic mass is 16.6. The van der Waals surface area contributed by atoms with Gasteiger partial charge >= 0.3 is 5.97 Å². The van der Waals surface area contributed by atoms with Crippen molar-refractivity contribution >= 4 is 40.2 Å². The van der Waals surface area contributed by atoms with Crippen molar-refractivity contribution in [2.45, 2.75) is 68.4 Å². The summed E-state index contributed by atoms with van der Waals surface area (Å²) in [6.07, 6.45) is 8.79. The number of unbranched alkanes of at least 4 members (excludes halogenated alkanes) is 3. The molecule has 3 aromatic carbocycles. The van der Waals surface area contributed by atoms with Crippen LogP contribution >= 0.6 is 0 Å². The Hall–Kier alpha value is -4.84. The Morgan fingerprint density at radius 3 is 2.47 bits per heavy atom. The van der Waals surface area contributed by atoms with Crippen LogP contribution in [-0.4, -0.2) is 90.9 Å². The number of fused-ring (bicyclic) bond motifs is 3. The number of methoxy groups -OCH3 is 1. The summed E-state index contributed by atoms with van der Waals surface area (Å²) in [6, 6.07) is 21.2. The van der Waals surface area contributed by atoms with Gasteiger partial charge in [-0.25, -0.2) is 0 Å². The van der Waals surface area contributed by atoms with Crippen LogP contribution in [0.5, 0.6) is 0 Å². The van der Waals surface area contributed by atoms with Gasteiger partial charge in [0.2, 0.25) is 11.8 Å². The summed E-state index contributed by atoms with van der Waals surface area (Å²) in [6.45, 7) is 0.714. The molecule has 0 unspecified atom stereocenters. The van der Waals surface area contributed by atoms with E-state index in [0.717, 1.165) is 23.6 Å². The number of carbonyl (C=O) groups is 4. The molecule has 0 aliphatic carbocycles. The van der Waals surface area contributed by atoms with Gasteiger partial charge in [0.05, 0.1) is 24.7 Å². The van der Waals surface area contributed by atoms with Crippen LogP contribution in [0.3, 0.4) is 0 Å². The molecular formula is C42H47N3O8. The summed E-state index contributed by atoms with van der Waals surface area (Å²) in [5, 5.41) is 14.4. The molecule has 0 radical (unpaired) electrons. The Balaban J connectivity index is 1.29. The number of amides is 3. The number of rotatable bonds is 10. The number of esters is 1. The van der Waals surface area contributed by atoms with Gasteiger partial charge in [0.15, 0.2) is 0 Å². The van der Waals surface area contributed by atoms with E-state index in [2.05, 4.69) is 5.32 Å². The number of allylic oxidation sites excluding steroid dienone is 1. The van der Waals surface area contributed by atoms with E-state index in [9.17, 15) is 24.3 Å². The molecule has 4 aliphatic heterocycles. The number of likely N-dealkylation sites (tertiary alicyclic amines) is 1. The maximum absolute atomic E-state index is 15.0. The molecule has 11 nitrogen and oxygen atoms in total. The zero-order chi connectivity index (χ0) is 37.0. The number of aliphatic hydroxyl groups is 1. The number of ether oxygens (including phenoxy) is 3. The van der Waals surface area contributed by atoms with E-state index in [-0.39, 0.29) is 43.9 Å². The van der Waals surface area contributed by atoms with Crippen molar-refractivity contribution in [2.24, 2.45) is 11.8 Å².